The molecule has 0 spiro atoms. The molecule has 8 nitrogen and oxygen atoms in total. The number of hydrogen-bond donors (Lipinski definition) is 0. The van der Waals surface area contributed by atoms with Gasteiger partial charge in [-0.05, 0) is 36.4 Å². The summed E-state index contributed by atoms with van der Waals surface area (Å²) in [7, 11) is 0. The van der Waals surface area contributed by atoms with Crippen LogP contribution in [0.1, 0.15) is 0 Å². The van der Waals surface area contributed by atoms with Gasteiger partial charge in [-0.3, -0.25) is 9.59 Å². The van der Waals surface area contributed by atoms with Gasteiger partial charge in [-0.1, -0.05) is 12.2 Å². The summed E-state index contributed by atoms with van der Waals surface area (Å²) in [6.07, 6.45) is 9.22. The zero-order chi connectivity index (χ0) is 29.6. The summed E-state index contributed by atoms with van der Waals surface area (Å²) in [4.78, 5) is 33.1. The molecule has 0 unspecified atom stereocenters. The third-order valence-electron chi connectivity index (χ3n) is 5.56. The molecule has 0 radical (unpaired) electrons. The summed E-state index contributed by atoms with van der Waals surface area (Å²) in [5.41, 5.74) is 0.536. The Hall–Kier alpha value is -3.98. The van der Waals surface area contributed by atoms with Crippen LogP contribution in [0.5, 0.6) is 0 Å². The fourth-order valence-electron chi connectivity index (χ4n) is 3.78. The Morgan fingerprint density at radius 2 is 1.17 bits per heavy atom. The molecule has 4 heterocycles. The predicted molar refractivity (Wildman–Crippen MR) is 168 cm³/mol. The van der Waals surface area contributed by atoms with Gasteiger partial charge in [-0.25, -0.2) is 28.1 Å². The zero-order valence-corrected chi connectivity index (χ0v) is 24.9. The van der Waals surface area contributed by atoms with Crippen molar-refractivity contribution in [3.63, 3.8) is 0 Å². The predicted octanol–water partition coefficient (Wildman–Crippen LogP) is 6.52. The minimum Gasteiger partial charge on any atom is -0.287 e. The summed E-state index contributed by atoms with van der Waals surface area (Å²) in [6, 6.07) is 8.35. The lowest BCUT2D eigenvalue weighted by atomic mass is 10.2. The van der Waals surface area contributed by atoms with Crippen molar-refractivity contribution in [2.45, 2.75) is 8.42 Å². The van der Waals surface area contributed by atoms with Gasteiger partial charge in [0, 0.05) is 31.7 Å². The Bertz CT molecular complexity index is 1860. The molecule has 0 atom stereocenters. The first-order valence-corrected chi connectivity index (χ1v) is 15.7. The van der Waals surface area contributed by atoms with E-state index >= 15 is 0 Å². The minimum absolute atomic E-state index is 0.180. The third kappa shape index (κ3) is 6.26. The third-order valence-corrected chi connectivity index (χ3v) is 10.4. The highest BCUT2D eigenvalue weighted by molar-refractivity contribution is 8.01. The lowest BCUT2D eigenvalue weighted by Crippen LogP contribution is -2.13. The maximum absolute atomic E-state index is 13.4. The maximum atomic E-state index is 13.4. The number of benzene rings is 2. The summed E-state index contributed by atoms with van der Waals surface area (Å²) < 4.78 is 32.4. The van der Waals surface area contributed by atoms with Crippen LogP contribution in [0.4, 0.5) is 8.78 Å². The smallest absolute Gasteiger partial charge is 0.214 e. The second-order valence-electron chi connectivity index (χ2n) is 8.29. The summed E-state index contributed by atoms with van der Waals surface area (Å²) >= 11 is 5.67. The van der Waals surface area contributed by atoms with E-state index in [9.17, 15) is 18.4 Å². The van der Waals surface area contributed by atoms with Crippen LogP contribution in [0.15, 0.2) is 105 Å². The van der Waals surface area contributed by atoms with Crippen molar-refractivity contribution in [1.82, 2.24) is 29.5 Å². The van der Waals surface area contributed by atoms with Gasteiger partial charge < -0.3 is 0 Å². The topological polar surface area (TPSA) is 95.6 Å². The number of aromatic nitrogens is 6. The van der Waals surface area contributed by atoms with Crippen LogP contribution in [0.3, 0.4) is 0 Å². The van der Waals surface area contributed by atoms with Gasteiger partial charge in [0.25, 0.3) is 0 Å². The first-order valence-electron chi connectivity index (χ1n) is 12.1. The fourth-order valence-corrected chi connectivity index (χ4v) is 8.23. The molecule has 0 amide bonds. The molecule has 212 valence electrons. The van der Waals surface area contributed by atoms with Crippen molar-refractivity contribution in [2.75, 3.05) is 11.5 Å². The van der Waals surface area contributed by atoms with E-state index in [1.807, 2.05) is 0 Å². The Morgan fingerprint density at radius 1 is 0.738 bits per heavy atom. The Labute approximate surface area is 254 Å². The normalized spacial score (nSPS) is 10.9. The highest BCUT2D eigenvalue weighted by Crippen LogP contribution is 2.34. The average molecular weight is 639 g/mol. The van der Waals surface area contributed by atoms with E-state index in [0.29, 0.717) is 43.1 Å². The number of fused-ring (bicyclic) bond motifs is 2. The van der Waals surface area contributed by atoms with Gasteiger partial charge in [0.2, 0.25) is 10.9 Å². The van der Waals surface area contributed by atoms with Crippen molar-refractivity contribution >= 4 is 66.4 Å². The van der Waals surface area contributed by atoms with Crippen molar-refractivity contribution in [3.05, 3.63) is 119 Å². The van der Waals surface area contributed by atoms with Crippen LogP contribution >= 0.6 is 46.2 Å². The first kappa shape index (κ1) is 29.5. The molecule has 4 aromatic heterocycles. The monoisotopic (exact) mass is 638 g/mol. The van der Waals surface area contributed by atoms with Gasteiger partial charge in [-0.2, -0.15) is 10.2 Å². The quantitative estimate of drug-likeness (QED) is 0.137. The highest BCUT2D eigenvalue weighted by Gasteiger charge is 2.17. The number of thioether (sulfide) groups is 2. The molecule has 6 aromatic rings. The van der Waals surface area contributed by atoms with Crippen LogP contribution in [0, 0.1) is 11.6 Å². The van der Waals surface area contributed by atoms with Crippen LogP contribution in [0.2, 0.25) is 0 Å². The van der Waals surface area contributed by atoms with Crippen LogP contribution in [-0.2, 0) is 0 Å². The molecule has 0 saturated heterocycles. The number of halogens is 2. The second-order valence-corrected chi connectivity index (χ2v) is 13.0. The molecule has 0 bridgehead atoms. The lowest BCUT2D eigenvalue weighted by molar-refractivity contribution is 0.629. The number of hydrogen-bond acceptors (Lipinski definition) is 10. The maximum Gasteiger partial charge on any atom is 0.214 e. The Morgan fingerprint density at radius 3 is 1.52 bits per heavy atom. The summed E-state index contributed by atoms with van der Waals surface area (Å²) in [6.45, 7) is 7.36. The van der Waals surface area contributed by atoms with Crippen molar-refractivity contribution in [1.29, 1.82) is 0 Å². The molecular weight excluding hydrogens is 619 g/mol. The van der Waals surface area contributed by atoms with E-state index in [1.165, 1.54) is 117 Å². The molecule has 6 rings (SSSR count). The van der Waals surface area contributed by atoms with E-state index in [-0.39, 0.29) is 22.5 Å². The van der Waals surface area contributed by atoms with Crippen molar-refractivity contribution in [2.24, 2.45) is 0 Å². The van der Waals surface area contributed by atoms with Gasteiger partial charge in [0.05, 0.1) is 8.42 Å². The van der Waals surface area contributed by atoms with Crippen LogP contribution < -0.4 is 10.9 Å². The van der Waals surface area contributed by atoms with E-state index in [4.69, 9.17) is 0 Å². The van der Waals surface area contributed by atoms with Gasteiger partial charge in [-0.15, -0.1) is 59.4 Å². The largest absolute Gasteiger partial charge is 0.287 e. The number of rotatable bonds is 8. The molecule has 0 fully saturated rings. The summed E-state index contributed by atoms with van der Waals surface area (Å²) in [5, 5.41) is 9.04. The van der Waals surface area contributed by atoms with E-state index < -0.39 is 0 Å². The lowest BCUT2D eigenvalue weighted by Gasteiger charge is -2.08. The van der Waals surface area contributed by atoms with E-state index in [0.717, 1.165) is 8.42 Å². The molecule has 42 heavy (non-hydrogen) atoms. The standard InChI is InChI=1S/2C14H10FN3OS2/c2*1-2-5-20-14-12(18-8-16-7-17-18)13(19)10-4-3-9(15)6-11(10)21-14/h2*2-4,6-8H,1,5H2. The first-order chi connectivity index (χ1) is 20.4. The van der Waals surface area contributed by atoms with E-state index in [1.54, 1.807) is 12.2 Å². The average Bonchev–Trinajstić information content (AvgIpc) is 3.70. The van der Waals surface area contributed by atoms with Gasteiger partial charge in [0.15, 0.2) is 0 Å². The number of nitrogens with zero attached hydrogens (tertiary/aromatic N) is 6. The second kappa shape index (κ2) is 13.3. The molecule has 0 N–H and O–H groups in total. The van der Waals surface area contributed by atoms with Gasteiger partial charge >= 0.3 is 0 Å². The van der Waals surface area contributed by atoms with E-state index in [2.05, 4.69) is 33.3 Å². The minimum atomic E-state index is -0.355. The van der Waals surface area contributed by atoms with Crippen molar-refractivity contribution in [3.8, 4) is 11.4 Å². The molecule has 0 aliphatic heterocycles. The highest BCUT2D eigenvalue weighted by atomic mass is 32.2. The van der Waals surface area contributed by atoms with Crippen molar-refractivity contribution < 1.29 is 8.78 Å². The molecule has 14 heteroatoms. The Balaban J connectivity index is 0.000000168. The van der Waals surface area contributed by atoms with Gasteiger partial charge in [0.1, 0.15) is 48.3 Å². The van der Waals surface area contributed by atoms with Crippen LogP contribution in [-0.4, -0.2) is 41.0 Å². The Kier molecular flexibility index (Phi) is 9.37. The summed E-state index contributed by atoms with van der Waals surface area (Å²) in [5.74, 6) is 0.592. The molecular formula is C28H20F2N6O2S4. The zero-order valence-electron chi connectivity index (χ0n) is 21.6. The molecule has 0 aliphatic rings. The molecule has 2 aromatic carbocycles. The van der Waals surface area contributed by atoms with Crippen LogP contribution in [0.25, 0.3) is 31.5 Å². The SMILES string of the molecule is C=CCSc1sc2cc(F)ccc2c(=O)c1-n1cncn1.C=CCSc1sc2cc(F)ccc2c(=O)c1-n1cncn1. The molecule has 0 saturated carbocycles. The molecule has 0 aliphatic carbocycles. The fraction of sp³-hybridized carbons (Fsp3) is 0.0714.